The first-order chi connectivity index (χ1) is 8.97. The molecule has 0 aliphatic rings. The Hall–Kier alpha value is -2.22. The van der Waals surface area contributed by atoms with Gasteiger partial charge in [0.15, 0.2) is 15.7 Å². The van der Waals surface area contributed by atoms with Crippen LogP contribution < -0.4 is 0 Å². The fourth-order valence-electron chi connectivity index (χ4n) is 1.50. The van der Waals surface area contributed by atoms with Crippen molar-refractivity contribution in [3.05, 3.63) is 42.0 Å². The van der Waals surface area contributed by atoms with Crippen LogP contribution in [0.25, 0.3) is 0 Å². The van der Waals surface area contributed by atoms with Gasteiger partial charge in [-0.1, -0.05) is 17.3 Å². The summed E-state index contributed by atoms with van der Waals surface area (Å²) in [5, 5.41) is 12.1. The molecule has 1 aromatic heterocycles. The summed E-state index contributed by atoms with van der Waals surface area (Å²) in [5.74, 6) is -1.25. The fraction of sp³-hybridized carbons (Fsp3) is 0.182. The summed E-state index contributed by atoms with van der Waals surface area (Å²) < 4.78 is 28.5. The van der Waals surface area contributed by atoms with Gasteiger partial charge in [-0.15, -0.1) is 0 Å². The molecule has 1 N–H and O–H groups in total. The van der Waals surface area contributed by atoms with Crippen LogP contribution in [0.3, 0.4) is 0 Å². The quantitative estimate of drug-likeness (QED) is 0.857. The molecule has 19 heavy (non-hydrogen) atoms. The number of carbonyl (C=O) groups is 1. The Balaban J connectivity index is 2.19. The maximum Gasteiger partial charge on any atom is 0.307 e. The molecule has 0 aliphatic carbocycles. The highest BCUT2D eigenvalue weighted by Gasteiger charge is 2.18. The highest BCUT2D eigenvalue weighted by Crippen LogP contribution is 2.15. The van der Waals surface area contributed by atoms with Crippen LogP contribution in [0.1, 0.15) is 11.4 Å². The molecule has 2 rings (SSSR count). The monoisotopic (exact) mass is 282 g/mol. The molecular weight excluding hydrogens is 272 g/mol. The van der Waals surface area contributed by atoms with Crippen molar-refractivity contribution in [2.24, 2.45) is 0 Å². The highest BCUT2D eigenvalue weighted by atomic mass is 32.2. The maximum atomic E-state index is 12.0. The molecule has 0 bridgehead atoms. The van der Waals surface area contributed by atoms with Crippen LogP contribution in [0.15, 0.2) is 40.1 Å². The molecular formula is C11H10N2O5S. The molecule has 1 heterocycles. The second-order valence-electron chi connectivity index (χ2n) is 3.82. The average Bonchev–Trinajstić information content (AvgIpc) is 2.81. The van der Waals surface area contributed by atoms with Gasteiger partial charge >= 0.3 is 5.97 Å². The normalized spacial score (nSPS) is 11.4. The van der Waals surface area contributed by atoms with Gasteiger partial charge in [-0.3, -0.25) is 4.79 Å². The van der Waals surface area contributed by atoms with E-state index in [9.17, 15) is 13.2 Å². The van der Waals surface area contributed by atoms with Gasteiger partial charge in [0, 0.05) is 0 Å². The Kier molecular flexibility index (Phi) is 3.61. The number of rotatable bonds is 5. The summed E-state index contributed by atoms with van der Waals surface area (Å²) in [6.07, 6.45) is 0.909. The second-order valence-corrected chi connectivity index (χ2v) is 5.81. The number of hydrogen-bond donors (Lipinski definition) is 1. The maximum absolute atomic E-state index is 12.0. The van der Waals surface area contributed by atoms with Crippen LogP contribution in [0.2, 0.25) is 0 Å². The van der Waals surface area contributed by atoms with Crippen molar-refractivity contribution in [3.63, 3.8) is 0 Å². The molecule has 0 radical (unpaired) electrons. The van der Waals surface area contributed by atoms with E-state index < -0.39 is 15.8 Å². The number of carboxylic acids is 1. The van der Waals surface area contributed by atoms with Gasteiger partial charge in [0.25, 0.3) is 0 Å². The third kappa shape index (κ3) is 3.38. The van der Waals surface area contributed by atoms with Crippen molar-refractivity contribution in [2.45, 2.75) is 17.1 Å². The standard InChI is InChI=1S/C11H10N2O5S/c14-11(15)5-8-1-3-9(4-2-8)19(16,17)6-10-12-7-18-13-10/h1-4,7H,5-6H2,(H,14,15). The summed E-state index contributed by atoms with van der Waals surface area (Å²) in [4.78, 5) is 14.3. The van der Waals surface area contributed by atoms with Gasteiger partial charge in [0.2, 0.25) is 6.39 Å². The van der Waals surface area contributed by atoms with E-state index in [1.165, 1.54) is 24.3 Å². The summed E-state index contributed by atoms with van der Waals surface area (Å²) in [7, 11) is -3.56. The Morgan fingerprint density at radius 2 is 1.95 bits per heavy atom. The van der Waals surface area contributed by atoms with E-state index in [4.69, 9.17) is 5.11 Å². The number of aliphatic carboxylic acids is 1. The van der Waals surface area contributed by atoms with E-state index in [2.05, 4.69) is 14.7 Å². The van der Waals surface area contributed by atoms with E-state index in [1.807, 2.05) is 0 Å². The summed E-state index contributed by atoms with van der Waals surface area (Å²) in [5.41, 5.74) is 0.533. The van der Waals surface area contributed by atoms with E-state index in [1.54, 1.807) is 0 Å². The molecule has 0 unspecified atom stereocenters. The smallest absolute Gasteiger partial charge is 0.307 e. The summed E-state index contributed by atoms with van der Waals surface area (Å²) >= 11 is 0. The first-order valence-electron chi connectivity index (χ1n) is 5.26. The van der Waals surface area contributed by atoms with E-state index in [0.717, 1.165) is 6.39 Å². The van der Waals surface area contributed by atoms with Crippen molar-refractivity contribution < 1.29 is 22.8 Å². The molecule has 0 saturated heterocycles. The van der Waals surface area contributed by atoms with E-state index >= 15 is 0 Å². The zero-order valence-electron chi connectivity index (χ0n) is 9.68. The molecule has 0 amide bonds. The van der Waals surface area contributed by atoms with Crippen LogP contribution in [-0.2, 0) is 26.8 Å². The lowest BCUT2D eigenvalue weighted by Crippen LogP contribution is -2.07. The van der Waals surface area contributed by atoms with Gasteiger partial charge in [-0.2, -0.15) is 4.98 Å². The van der Waals surface area contributed by atoms with Gasteiger partial charge in [-0.25, -0.2) is 8.42 Å². The molecule has 8 heteroatoms. The number of benzene rings is 1. The van der Waals surface area contributed by atoms with Gasteiger partial charge in [0.05, 0.1) is 11.3 Å². The number of hydrogen-bond acceptors (Lipinski definition) is 6. The molecule has 0 saturated carbocycles. The number of carboxylic acid groups (broad SMARTS) is 1. The van der Waals surface area contributed by atoms with Crippen molar-refractivity contribution in [3.8, 4) is 0 Å². The van der Waals surface area contributed by atoms with E-state index in [-0.39, 0.29) is 22.9 Å². The molecule has 100 valence electrons. The topological polar surface area (TPSA) is 110 Å². The highest BCUT2D eigenvalue weighted by molar-refractivity contribution is 7.90. The lowest BCUT2D eigenvalue weighted by molar-refractivity contribution is -0.136. The van der Waals surface area contributed by atoms with Gasteiger partial charge in [0.1, 0.15) is 5.75 Å². The number of nitrogens with zero attached hydrogens (tertiary/aromatic N) is 2. The Labute approximate surface area is 108 Å². The lowest BCUT2D eigenvalue weighted by atomic mass is 10.2. The van der Waals surface area contributed by atoms with Crippen LogP contribution >= 0.6 is 0 Å². The minimum atomic E-state index is -3.56. The molecule has 2 aromatic rings. The third-order valence-corrected chi connectivity index (χ3v) is 3.99. The zero-order valence-corrected chi connectivity index (χ0v) is 10.5. The minimum Gasteiger partial charge on any atom is -0.481 e. The summed E-state index contributed by atoms with van der Waals surface area (Å²) in [6, 6.07) is 5.68. The Bertz CT molecular complexity index is 662. The van der Waals surface area contributed by atoms with Gasteiger partial charge < -0.3 is 9.63 Å². The fourth-order valence-corrected chi connectivity index (χ4v) is 2.68. The number of aromatic nitrogens is 2. The lowest BCUT2D eigenvalue weighted by Gasteiger charge is -2.03. The SMILES string of the molecule is O=C(O)Cc1ccc(S(=O)(=O)Cc2ncon2)cc1. The predicted octanol–water partition coefficient (Wildman–Crippen LogP) is 0.671. The van der Waals surface area contributed by atoms with Crippen molar-refractivity contribution in [1.29, 1.82) is 0 Å². The van der Waals surface area contributed by atoms with Gasteiger partial charge in [-0.05, 0) is 17.7 Å². The predicted molar refractivity (Wildman–Crippen MR) is 63.0 cm³/mol. The molecule has 0 aliphatic heterocycles. The minimum absolute atomic E-state index is 0.0783. The van der Waals surface area contributed by atoms with E-state index in [0.29, 0.717) is 5.56 Å². The summed E-state index contributed by atoms with van der Waals surface area (Å²) in [6.45, 7) is 0. The molecule has 0 atom stereocenters. The third-order valence-electron chi connectivity index (χ3n) is 2.36. The van der Waals surface area contributed by atoms with Crippen molar-refractivity contribution in [2.75, 3.05) is 0 Å². The number of sulfone groups is 1. The first-order valence-corrected chi connectivity index (χ1v) is 6.91. The average molecular weight is 282 g/mol. The second kappa shape index (κ2) is 5.19. The zero-order chi connectivity index (χ0) is 13.9. The molecule has 1 aromatic carbocycles. The van der Waals surface area contributed by atoms with Crippen LogP contribution in [0.4, 0.5) is 0 Å². The van der Waals surface area contributed by atoms with Crippen LogP contribution in [-0.4, -0.2) is 29.6 Å². The molecule has 7 nitrogen and oxygen atoms in total. The molecule has 0 fully saturated rings. The van der Waals surface area contributed by atoms with Crippen molar-refractivity contribution in [1.82, 2.24) is 10.1 Å². The van der Waals surface area contributed by atoms with Crippen LogP contribution in [0, 0.1) is 0 Å². The first kappa shape index (κ1) is 13.2. The Morgan fingerprint density at radius 3 is 2.47 bits per heavy atom. The van der Waals surface area contributed by atoms with Crippen LogP contribution in [0.5, 0.6) is 0 Å². The Morgan fingerprint density at radius 1 is 1.26 bits per heavy atom. The molecule has 0 spiro atoms. The largest absolute Gasteiger partial charge is 0.481 e. The van der Waals surface area contributed by atoms with Crippen molar-refractivity contribution >= 4 is 15.8 Å².